The van der Waals surface area contributed by atoms with Crippen molar-refractivity contribution < 1.29 is 14.3 Å². The maximum atomic E-state index is 13.2. The summed E-state index contributed by atoms with van der Waals surface area (Å²) in [5.74, 6) is 1.57. The van der Waals surface area contributed by atoms with Gasteiger partial charge in [-0.1, -0.05) is 19.4 Å². The number of thiophene rings is 1. The molecule has 1 aliphatic heterocycles. The first-order valence-electron chi connectivity index (χ1n) is 9.21. The van der Waals surface area contributed by atoms with Crippen molar-refractivity contribution in [1.29, 1.82) is 0 Å². The first-order valence-corrected chi connectivity index (χ1v) is 10.0. The van der Waals surface area contributed by atoms with Crippen LogP contribution in [0.4, 0.5) is 0 Å². The van der Waals surface area contributed by atoms with Gasteiger partial charge in [0.05, 0.1) is 25.1 Å². The van der Waals surface area contributed by atoms with Crippen LogP contribution in [0.3, 0.4) is 0 Å². The molecule has 26 heavy (non-hydrogen) atoms. The Labute approximate surface area is 159 Å². The van der Waals surface area contributed by atoms with E-state index in [1.54, 1.807) is 25.6 Å². The highest BCUT2D eigenvalue weighted by molar-refractivity contribution is 7.14. The van der Waals surface area contributed by atoms with Gasteiger partial charge in [-0.2, -0.15) is 0 Å². The maximum Gasteiger partial charge on any atom is 0.264 e. The zero-order valence-electron chi connectivity index (χ0n) is 16.0. The predicted molar refractivity (Wildman–Crippen MR) is 106 cm³/mol. The molecule has 0 saturated carbocycles. The highest BCUT2D eigenvalue weighted by Crippen LogP contribution is 2.38. The quantitative estimate of drug-likeness (QED) is 0.715. The van der Waals surface area contributed by atoms with Gasteiger partial charge >= 0.3 is 0 Å². The molecule has 0 bridgehead atoms. The minimum absolute atomic E-state index is 0.0966. The lowest BCUT2D eigenvalue weighted by atomic mass is 10.0. The van der Waals surface area contributed by atoms with Crippen LogP contribution >= 0.6 is 11.3 Å². The molecule has 4 nitrogen and oxygen atoms in total. The maximum absolute atomic E-state index is 13.2. The monoisotopic (exact) mass is 373 g/mol. The van der Waals surface area contributed by atoms with Crippen LogP contribution in [-0.2, 0) is 6.42 Å². The Morgan fingerprint density at radius 3 is 2.69 bits per heavy atom. The number of hydrogen-bond acceptors (Lipinski definition) is 4. The van der Waals surface area contributed by atoms with Gasteiger partial charge in [-0.3, -0.25) is 4.79 Å². The molecule has 3 rings (SSSR count). The lowest BCUT2D eigenvalue weighted by Gasteiger charge is -2.25. The fourth-order valence-electron chi connectivity index (χ4n) is 3.70. The topological polar surface area (TPSA) is 38.8 Å². The van der Waals surface area contributed by atoms with E-state index in [0.717, 1.165) is 42.7 Å². The van der Waals surface area contributed by atoms with Crippen LogP contribution in [0.2, 0.25) is 0 Å². The Morgan fingerprint density at radius 2 is 2.00 bits per heavy atom. The third kappa shape index (κ3) is 3.58. The number of ether oxygens (including phenoxy) is 2. The van der Waals surface area contributed by atoms with Crippen molar-refractivity contribution in [2.24, 2.45) is 0 Å². The van der Waals surface area contributed by atoms with Crippen molar-refractivity contribution in [1.82, 2.24) is 4.90 Å². The molecule has 1 atom stereocenters. The van der Waals surface area contributed by atoms with Crippen LogP contribution in [0.15, 0.2) is 24.3 Å². The fraction of sp³-hybridized carbons (Fsp3) is 0.476. The van der Waals surface area contributed by atoms with E-state index in [1.807, 2.05) is 23.1 Å². The Balaban J connectivity index is 1.86. The number of methoxy groups -OCH3 is 2. The van der Waals surface area contributed by atoms with Crippen LogP contribution in [-0.4, -0.2) is 31.6 Å². The molecule has 1 aromatic carbocycles. The Hall–Kier alpha value is -2.01. The number of benzene rings is 1. The number of aryl methyl sites for hydroxylation is 2. The standard InChI is InChI=1S/C21H27NO3S/c1-5-7-15-13-20(26-14(15)2)21(23)22-11-6-8-17(22)16-9-10-18(24-3)19(12-16)25-4/h9-10,12-13,17H,5-8,11H2,1-4H3. The van der Waals surface area contributed by atoms with Crippen LogP contribution in [0.5, 0.6) is 11.5 Å². The van der Waals surface area contributed by atoms with Crippen LogP contribution in [0.1, 0.15) is 57.9 Å². The Morgan fingerprint density at radius 1 is 1.23 bits per heavy atom. The number of amides is 1. The SMILES string of the molecule is CCCc1cc(C(=O)N2CCCC2c2ccc(OC)c(OC)c2)sc1C. The lowest BCUT2D eigenvalue weighted by Crippen LogP contribution is -2.30. The van der Waals surface area contributed by atoms with Gasteiger partial charge in [-0.05, 0) is 55.5 Å². The van der Waals surface area contributed by atoms with Gasteiger partial charge < -0.3 is 14.4 Å². The summed E-state index contributed by atoms with van der Waals surface area (Å²) in [5, 5.41) is 0. The molecular formula is C21H27NO3S. The molecule has 140 valence electrons. The van der Waals surface area contributed by atoms with Crippen molar-refractivity contribution >= 4 is 17.2 Å². The summed E-state index contributed by atoms with van der Waals surface area (Å²) in [4.78, 5) is 17.3. The van der Waals surface area contributed by atoms with E-state index >= 15 is 0 Å². The number of likely N-dealkylation sites (tertiary alicyclic amines) is 1. The van der Waals surface area contributed by atoms with Gasteiger partial charge in [0.25, 0.3) is 5.91 Å². The van der Waals surface area contributed by atoms with E-state index in [0.29, 0.717) is 11.5 Å². The first-order chi connectivity index (χ1) is 12.6. The van der Waals surface area contributed by atoms with E-state index in [-0.39, 0.29) is 11.9 Å². The molecule has 1 unspecified atom stereocenters. The average molecular weight is 374 g/mol. The molecule has 0 aliphatic carbocycles. The predicted octanol–water partition coefficient (Wildman–Crippen LogP) is 5.00. The third-order valence-corrected chi connectivity index (χ3v) is 6.14. The second kappa shape index (κ2) is 8.12. The molecule has 1 fully saturated rings. The van der Waals surface area contributed by atoms with Crippen molar-refractivity contribution in [2.75, 3.05) is 20.8 Å². The zero-order valence-corrected chi connectivity index (χ0v) is 16.8. The van der Waals surface area contributed by atoms with E-state index in [4.69, 9.17) is 9.47 Å². The van der Waals surface area contributed by atoms with Crippen LogP contribution < -0.4 is 9.47 Å². The number of rotatable bonds is 6. The number of nitrogens with zero attached hydrogens (tertiary/aromatic N) is 1. The van der Waals surface area contributed by atoms with Crippen molar-refractivity contribution in [2.45, 2.75) is 45.6 Å². The van der Waals surface area contributed by atoms with E-state index in [1.165, 1.54) is 10.4 Å². The van der Waals surface area contributed by atoms with E-state index < -0.39 is 0 Å². The average Bonchev–Trinajstić information content (AvgIpc) is 3.28. The minimum atomic E-state index is 0.0966. The van der Waals surface area contributed by atoms with Gasteiger partial charge in [-0.15, -0.1) is 11.3 Å². The molecule has 1 aromatic heterocycles. The van der Waals surface area contributed by atoms with Gasteiger partial charge in [0.1, 0.15) is 0 Å². The Bertz CT molecular complexity index is 784. The number of hydrogen-bond donors (Lipinski definition) is 0. The molecule has 1 aliphatic rings. The summed E-state index contributed by atoms with van der Waals surface area (Å²) < 4.78 is 10.8. The molecule has 0 N–H and O–H groups in total. The number of carbonyl (C=O) groups is 1. The molecule has 2 aromatic rings. The second-order valence-electron chi connectivity index (χ2n) is 6.71. The van der Waals surface area contributed by atoms with Crippen molar-refractivity contribution in [3.63, 3.8) is 0 Å². The van der Waals surface area contributed by atoms with Gasteiger partial charge in [0.15, 0.2) is 11.5 Å². The van der Waals surface area contributed by atoms with Gasteiger partial charge in [0.2, 0.25) is 0 Å². The summed E-state index contributed by atoms with van der Waals surface area (Å²) in [6, 6.07) is 8.15. The molecule has 0 spiro atoms. The largest absolute Gasteiger partial charge is 0.493 e. The molecule has 1 amide bonds. The summed E-state index contributed by atoms with van der Waals surface area (Å²) in [6.45, 7) is 5.09. The van der Waals surface area contributed by atoms with Crippen LogP contribution in [0.25, 0.3) is 0 Å². The smallest absolute Gasteiger partial charge is 0.264 e. The highest BCUT2D eigenvalue weighted by atomic mass is 32.1. The first kappa shape index (κ1) is 18.8. The molecular weight excluding hydrogens is 346 g/mol. The summed E-state index contributed by atoms with van der Waals surface area (Å²) in [5.41, 5.74) is 2.42. The van der Waals surface area contributed by atoms with Gasteiger partial charge in [0, 0.05) is 11.4 Å². The van der Waals surface area contributed by atoms with Gasteiger partial charge in [-0.25, -0.2) is 0 Å². The molecule has 2 heterocycles. The summed E-state index contributed by atoms with van der Waals surface area (Å²) in [7, 11) is 3.28. The molecule has 5 heteroatoms. The normalized spacial score (nSPS) is 16.8. The number of carbonyl (C=O) groups excluding carboxylic acids is 1. The third-order valence-electron chi connectivity index (χ3n) is 5.06. The van der Waals surface area contributed by atoms with E-state index in [2.05, 4.69) is 19.9 Å². The zero-order chi connectivity index (χ0) is 18.7. The summed E-state index contributed by atoms with van der Waals surface area (Å²) >= 11 is 1.62. The fourth-order valence-corrected chi connectivity index (χ4v) is 4.73. The highest BCUT2D eigenvalue weighted by Gasteiger charge is 2.32. The minimum Gasteiger partial charge on any atom is -0.493 e. The van der Waals surface area contributed by atoms with Crippen molar-refractivity contribution in [3.05, 3.63) is 45.1 Å². The second-order valence-corrected chi connectivity index (χ2v) is 7.97. The molecule has 0 radical (unpaired) electrons. The molecule has 1 saturated heterocycles. The summed E-state index contributed by atoms with van der Waals surface area (Å²) in [6.07, 6.45) is 4.14. The van der Waals surface area contributed by atoms with Crippen molar-refractivity contribution in [3.8, 4) is 11.5 Å². The Kier molecular flexibility index (Phi) is 5.87. The van der Waals surface area contributed by atoms with Crippen LogP contribution in [0, 0.1) is 6.92 Å². The van der Waals surface area contributed by atoms with E-state index in [9.17, 15) is 4.79 Å². The lowest BCUT2D eigenvalue weighted by molar-refractivity contribution is 0.0740.